The van der Waals surface area contributed by atoms with Crippen LogP contribution in [-0.4, -0.2) is 105 Å². The first-order chi connectivity index (χ1) is 63.8. The van der Waals surface area contributed by atoms with Crippen molar-refractivity contribution >= 4 is 83.6 Å². The van der Waals surface area contributed by atoms with Crippen LogP contribution in [-0.2, 0) is 110 Å². The van der Waals surface area contributed by atoms with E-state index in [9.17, 15) is 63.5 Å². The molecule has 5 amide bonds. The molecule has 136 heavy (non-hydrogen) atoms. The molecule has 12 aromatic rings. The van der Waals surface area contributed by atoms with Gasteiger partial charge < -0.3 is 65.3 Å². The molecule has 39 heteroatoms. The number of carbonyl (C=O) groups is 5. The summed E-state index contributed by atoms with van der Waals surface area (Å²) in [6.45, 7) is 17.8. The summed E-state index contributed by atoms with van der Waals surface area (Å²) >= 11 is 5.92. The van der Waals surface area contributed by atoms with Crippen LogP contribution in [0.3, 0.4) is 0 Å². The Morgan fingerprint density at radius 2 is 0.779 bits per heavy atom. The summed E-state index contributed by atoms with van der Waals surface area (Å²) < 4.78 is 162. The maximum Gasteiger partial charge on any atom is 0.498 e. The molecule has 3 aliphatic carbocycles. The van der Waals surface area contributed by atoms with Gasteiger partial charge in [-0.25, -0.2) is 14.6 Å². The molecule has 6 aromatic heterocycles. The predicted molar refractivity (Wildman–Crippen MR) is 495 cm³/mol. The van der Waals surface area contributed by atoms with E-state index >= 15 is 0 Å². The summed E-state index contributed by atoms with van der Waals surface area (Å²) in [6, 6.07) is 37.4. The summed E-state index contributed by atoms with van der Waals surface area (Å²) in [6.07, 6.45) is 4.75. The van der Waals surface area contributed by atoms with Crippen LogP contribution in [0, 0.1) is 17.8 Å². The number of halogens is 11. The monoisotopic (exact) mass is 1920 g/mol. The number of alkyl carbamates (subject to hydrolysis) is 2. The number of aromatic nitrogens is 9. The second kappa shape index (κ2) is 43.1. The van der Waals surface area contributed by atoms with E-state index in [0.29, 0.717) is 114 Å². The molecule has 0 spiro atoms. The van der Waals surface area contributed by atoms with Gasteiger partial charge in [-0.05, 0) is 286 Å². The molecule has 3 unspecified atom stereocenters. The SMILES string of the molecule is CC(C)(C)OC(=O)NCc1cc(NC(=O)C2CCc3ccc(Oc4ccnc(-c5cn[nH]c5)c4)cc3C2)cc(C(F)(F)F)c1.CC(C)(C)OC(=O)NCc1cc(NC(=O)C2CCc3ccc(Oc4ccnc(Cl)c4)cc3C2)cc(C(F)(F)F)c1.CC1(C)OB(c2cn[nH]c2)OC1(C)C.Cl.NCc1cc(NC(=O)C2CCc3ccc(Oc4ccnc(-c5cn[nH]c5)c4)cc3C2)cc(C(F)(F)F)c1. The van der Waals surface area contributed by atoms with E-state index in [0.717, 1.165) is 86.4 Å². The first kappa shape index (κ1) is 102. The number of ether oxygens (including phenoxy) is 5. The minimum Gasteiger partial charge on any atom is -0.457 e. The van der Waals surface area contributed by atoms with Crippen LogP contribution < -0.4 is 52.0 Å². The van der Waals surface area contributed by atoms with Gasteiger partial charge in [0.15, 0.2) is 0 Å². The average Bonchev–Trinajstić information content (AvgIpc) is 1.63. The van der Waals surface area contributed by atoms with E-state index in [1.807, 2.05) is 88.4 Å². The Kier molecular flexibility index (Phi) is 32.2. The summed E-state index contributed by atoms with van der Waals surface area (Å²) in [7, 11) is -0.307. The first-order valence-corrected chi connectivity index (χ1v) is 43.6. The fraction of sp³-hybridized carbons (Fsp3) is 0.330. The third-order valence-electron chi connectivity index (χ3n) is 22.5. The maximum absolute atomic E-state index is 13.7. The molecule has 7 heterocycles. The summed E-state index contributed by atoms with van der Waals surface area (Å²) in [4.78, 5) is 76.0. The Labute approximate surface area is 789 Å². The molecular weight excluding hydrogens is 1820 g/mol. The molecule has 16 rings (SSSR count). The number of hydrogen-bond acceptors (Lipinski definition) is 19. The van der Waals surface area contributed by atoms with Crippen LogP contribution >= 0.6 is 24.0 Å². The van der Waals surface area contributed by atoms with E-state index in [4.69, 9.17) is 50.3 Å². The lowest BCUT2D eigenvalue weighted by molar-refractivity contribution is -0.138. The second-order valence-corrected chi connectivity index (χ2v) is 36.1. The highest BCUT2D eigenvalue weighted by Gasteiger charge is 2.52. The fourth-order valence-corrected chi connectivity index (χ4v) is 15.3. The molecule has 1 fully saturated rings. The van der Waals surface area contributed by atoms with Gasteiger partial charge in [-0.15, -0.1) is 12.4 Å². The van der Waals surface area contributed by atoms with Crippen molar-refractivity contribution in [1.29, 1.82) is 0 Å². The van der Waals surface area contributed by atoms with E-state index in [1.54, 1.807) is 121 Å². The zero-order chi connectivity index (χ0) is 97.0. The number of fused-ring (bicyclic) bond motifs is 3. The number of anilines is 3. The number of aryl methyl sites for hydroxylation is 3. The fourth-order valence-electron chi connectivity index (χ4n) is 15.1. The quantitative estimate of drug-likeness (QED) is 0.0194. The number of amides is 5. The lowest BCUT2D eigenvalue weighted by Crippen LogP contribution is -2.41. The molecule has 1 aliphatic heterocycles. The van der Waals surface area contributed by atoms with Crippen LogP contribution in [0.4, 0.5) is 66.2 Å². The highest BCUT2D eigenvalue weighted by molar-refractivity contribution is 6.62. The molecule has 10 N–H and O–H groups in total. The third-order valence-corrected chi connectivity index (χ3v) is 22.7. The van der Waals surface area contributed by atoms with Gasteiger partial charge in [-0.1, -0.05) is 29.8 Å². The second-order valence-electron chi connectivity index (χ2n) is 35.7. The predicted octanol–water partition coefficient (Wildman–Crippen LogP) is 21.0. The van der Waals surface area contributed by atoms with Gasteiger partial charge in [0.25, 0.3) is 0 Å². The first-order valence-electron chi connectivity index (χ1n) is 43.2. The van der Waals surface area contributed by atoms with E-state index in [-0.39, 0.29) is 102 Å². The number of H-pyrrole nitrogens is 3. The number of alkyl halides is 9. The number of nitrogens with zero attached hydrogens (tertiary/aromatic N) is 6. The van der Waals surface area contributed by atoms with Crippen LogP contribution in [0.5, 0.6) is 34.5 Å². The molecule has 1 saturated heterocycles. The van der Waals surface area contributed by atoms with Crippen molar-refractivity contribution in [3.8, 4) is 57.0 Å². The summed E-state index contributed by atoms with van der Waals surface area (Å²) in [5.74, 6) is 1.12. The normalized spacial score (nSPS) is 15.9. The van der Waals surface area contributed by atoms with E-state index in [2.05, 4.69) is 72.1 Å². The number of carbonyl (C=O) groups excluding carboxylic acids is 5. The average molecular weight is 1920 g/mol. The van der Waals surface area contributed by atoms with Gasteiger partial charge in [0.2, 0.25) is 17.7 Å². The molecule has 6 aromatic carbocycles. The molecule has 0 saturated carbocycles. The molecular formula is C97H101BCl2F9N15O12. The Bertz CT molecular complexity index is 6180. The Morgan fingerprint density at radius 3 is 1.11 bits per heavy atom. The van der Waals surface area contributed by atoms with Crippen molar-refractivity contribution in [2.24, 2.45) is 23.5 Å². The number of nitrogens with one attached hydrogen (secondary N) is 8. The molecule has 0 radical (unpaired) electrons. The smallest absolute Gasteiger partial charge is 0.457 e. The molecule has 716 valence electrons. The Hall–Kier alpha value is -13.4. The number of rotatable bonds is 20. The molecule has 0 bridgehead atoms. The van der Waals surface area contributed by atoms with Crippen molar-refractivity contribution < 1.29 is 96.5 Å². The number of pyridine rings is 3. The van der Waals surface area contributed by atoms with Crippen molar-refractivity contribution in [2.75, 3.05) is 16.0 Å². The van der Waals surface area contributed by atoms with Gasteiger partial charge in [0.05, 0.1) is 51.7 Å². The van der Waals surface area contributed by atoms with E-state index < -0.39 is 70.4 Å². The van der Waals surface area contributed by atoms with Gasteiger partial charge in [0, 0.05) is 133 Å². The largest absolute Gasteiger partial charge is 0.498 e. The van der Waals surface area contributed by atoms with Gasteiger partial charge in [-0.3, -0.25) is 39.6 Å². The van der Waals surface area contributed by atoms with Crippen molar-refractivity contribution in [2.45, 2.75) is 188 Å². The van der Waals surface area contributed by atoms with Crippen molar-refractivity contribution in [3.05, 3.63) is 273 Å². The zero-order valence-corrected chi connectivity index (χ0v) is 77.3. The van der Waals surface area contributed by atoms with Crippen molar-refractivity contribution in [3.63, 3.8) is 0 Å². The van der Waals surface area contributed by atoms with Gasteiger partial charge >= 0.3 is 37.8 Å². The van der Waals surface area contributed by atoms with E-state index in [1.165, 1.54) is 24.4 Å². The highest BCUT2D eigenvalue weighted by Crippen LogP contribution is 2.42. The lowest BCUT2D eigenvalue weighted by atomic mass is 9.82. The summed E-state index contributed by atoms with van der Waals surface area (Å²) in [5, 5.41) is 33.2. The minimum atomic E-state index is -4.64. The number of hydrogen-bond donors (Lipinski definition) is 9. The standard InChI is InChI=1S/C32H32F3N5O4.C29H29ClF3N3O4.C27H24F3N5O2.C9H15BN2O2.ClH/c1-31(2,3)44-30(42)37-16-19-10-24(32(33,34)35)14-25(11-19)40-29(41)21-5-4-20-6-7-26(13-22(20)12-21)43-27-8-9-36-28(15-27)23-17-38-39-18-23;1-28(2,3)40-27(38)35-16-17-10-21(29(31,32)33)14-22(11-17)36-26(37)19-5-4-18-6-7-23(13-20(18)12-19)39-24-8-9-34-25(30)15-24;28-27(29,30)21-7-16(13-31)8-22(11-21)35-26(36)18-2-1-17-3-4-23(10-19(17)9-18)37-24-5-6-32-25(12-24)20-14-33-34-15-20;1-8(2)9(3,4)14-10(13-8)7-5-11-12-6-7;/h6-11,13-15,17-18,21H,4-5,12,16H2,1-3H3,(H,37,42)(H,38,39)(H,40,41);6-11,13-15,19H,4-5,12,16H2,1-3H3,(H,35,38)(H,36,37);3-8,10-12,14-15,18H,1-2,9,13,31H2,(H,33,34)(H,35,36);5-6H,1-4H3,(H,11,12);1H. The van der Waals surface area contributed by atoms with Crippen molar-refractivity contribution in [1.82, 2.24) is 56.2 Å². The molecule has 4 aliphatic rings. The number of aromatic amines is 3. The third kappa shape index (κ3) is 28.4. The zero-order valence-electron chi connectivity index (χ0n) is 75.7. The Morgan fingerprint density at radius 1 is 0.441 bits per heavy atom. The summed E-state index contributed by atoms with van der Waals surface area (Å²) in [5.41, 5.74) is 11.6. The van der Waals surface area contributed by atoms with Crippen LogP contribution in [0.15, 0.2) is 201 Å². The topological polar surface area (TPSA) is 361 Å². The number of nitrogens with two attached hydrogens (primary N) is 1. The van der Waals surface area contributed by atoms with Gasteiger partial charge in [0.1, 0.15) is 50.9 Å². The molecule has 3 atom stereocenters. The molecule has 27 nitrogen and oxygen atoms in total. The Balaban J connectivity index is 0.000000170. The van der Waals surface area contributed by atoms with Crippen LogP contribution in [0.2, 0.25) is 5.15 Å². The maximum atomic E-state index is 13.7. The minimum absolute atomic E-state index is 0. The lowest BCUT2D eigenvalue weighted by Gasteiger charge is -2.32. The van der Waals surface area contributed by atoms with Crippen LogP contribution in [0.25, 0.3) is 22.5 Å². The van der Waals surface area contributed by atoms with Crippen LogP contribution in [0.1, 0.15) is 155 Å². The van der Waals surface area contributed by atoms with Gasteiger partial charge in [-0.2, -0.15) is 54.8 Å². The highest BCUT2D eigenvalue weighted by atomic mass is 35.5. The number of benzene rings is 6.